The number of hydrogen-bond donors (Lipinski definition) is 2. The standard InChI is InChI=1S/C39H40ClFN8O5/c1-2-23-20-42-36-34(23)35(40)28(21-43-36)24-5-3-6-25(17-24)48-16-13-46(22-33(48)51)10-4-9-45-11-14-47(15-12-45)31-19-27-26(18-29(31)41)38(53)49(39(27)54)30-7-8-32(50)44-37(30)52/h3,5-6,17-21,30H,2,4,7-16,22H2,1H3,(H,42,43)(H,44,50,52). The van der Waals surface area contributed by atoms with Gasteiger partial charge >= 0.3 is 0 Å². The highest BCUT2D eigenvalue weighted by molar-refractivity contribution is 6.38. The molecule has 5 amide bonds. The molecule has 6 heterocycles. The van der Waals surface area contributed by atoms with E-state index < -0.39 is 35.5 Å². The number of benzene rings is 2. The summed E-state index contributed by atoms with van der Waals surface area (Å²) >= 11 is 6.89. The van der Waals surface area contributed by atoms with Crippen LogP contribution in [0.5, 0.6) is 0 Å². The van der Waals surface area contributed by atoms with E-state index in [1.165, 1.54) is 6.07 Å². The van der Waals surface area contributed by atoms with Crippen LogP contribution in [0.2, 0.25) is 5.02 Å². The first-order valence-corrected chi connectivity index (χ1v) is 18.8. The number of H-pyrrole nitrogens is 1. The molecule has 2 aromatic carbocycles. The van der Waals surface area contributed by atoms with Crippen LogP contribution in [0.4, 0.5) is 15.8 Å². The molecule has 280 valence electrons. The third-order valence-corrected chi connectivity index (χ3v) is 11.4. The minimum Gasteiger partial charge on any atom is -0.367 e. The van der Waals surface area contributed by atoms with Gasteiger partial charge in [-0.25, -0.2) is 9.37 Å². The first-order valence-electron chi connectivity index (χ1n) is 18.4. The zero-order chi connectivity index (χ0) is 37.7. The highest BCUT2D eigenvalue weighted by Gasteiger charge is 2.45. The van der Waals surface area contributed by atoms with Gasteiger partial charge in [-0.05, 0) is 67.7 Å². The van der Waals surface area contributed by atoms with Crippen LogP contribution in [0.1, 0.15) is 52.5 Å². The molecule has 15 heteroatoms. The number of rotatable bonds is 9. The number of nitrogens with zero attached hydrogens (tertiary/aromatic N) is 6. The third kappa shape index (κ3) is 6.52. The Hall–Kier alpha value is -5.18. The van der Waals surface area contributed by atoms with Crippen LogP contribution in [-0.2, 0) is 20.8 Å². The van der Waals surface area contributed by atoms with Gasteiger partial charge in [0, 0.05) is 74.7 Å². The molecule has 3 fully saturated rings. The summed E-state index contributed by atoms with van der Waals surface area (Å²) in [6, 6.07) is 9.28. The van der Waals surface area contributed by atoms with Crippen molar-refractivity contribution in [1.82, 2.24) is 30.0 Å². The molecular formula is C39H40ClFN8O5. The number of amides is 5. The molecule has 0 aliphatic carbocycles. The lowest BCUT2D eigenvalue weighted by molar-refractivity contribution is -0.136. The number of anilines is 2. The number of nitrogens with one attached hydrogen (secondary N) is 2. The van der Waals surface area contributed by atoms with Crippen molar-refractivity contribution in [2.24, 2.45) is 0 Å². The Morgan fingerprint density at radius 2 is 1.65 bits per heavy atom. The van der Waals surface area contributed by atoms with E-state index in [2.05, 4.69) is 32.0 Å². The van der Waals surface area contributed by atoms with Crippen LogP contribution >= 0.6 is 11.6 Å². The fraction of sp³-hybridized carbons (Fsp3) is 0.385. The summed E-state index contributed by atoms with van der Waals surface area (Å²) in [4.78, 5) is 80.5. The second-order valence-corrected chi connectivity index (χ2v) is 14.6. The normalized spacial score (nSPS) is 20.0. The van der Waals surface area contributed by atoms with Gasteiger partial charge < -0.3 is 14.8 Å². The van der Waals surface area contributed by atoms with Gasteiger partial charge in [-0.15, -0.1) is 0 Å². The summed E-state index contributed by atoms with van der Waals surface area (Å²) in [5.74, 6) is -3.10. The minimum atomic E-state index is -1.10. The van der Waals surface area contributed by atoms with Crippen molar-refractivity contribution < 1.29 is 28.4 Å². The molecule has 13 nitrogen and oxygen atoms in total. The van der Waals surface area contributed by atoms with Gasteiger partial charge in [0.1, 0.15) is 17.5 Å². The van der Waals surface area contributed by atoms with Crippen LogP contribution in [0, 0.1) is 5.82 Å². The number of hydrogen-bond acceptors (Lipinski definition) is 9. The zero-order valence-corrected chi connectivity index (χ0v) is 30.6. The van der Waals surface area contributed by atoms with Crippen molar-refractivity contribution in [2.75, 3.05) is 68.7 Å². The molecular weight excluding hydrogens is 715 g/mol. The molecule has 0 saturated carbocycles. The van der Waals surface area contributed by atoms with E-state index in [0.29, 0.717) is 44.3 Å². The number of carbonyl (C=O) groups is 5. The van der Waals surface area contributed by atoms with Crippen molar-refractivity contribution in [3.63, 3.8) is 0 Å². The van der Waals surface area contributed by atoms with E-state index in [-0.39, 0.29) is 35.6 Å². The topological polar surface area (TPSA) is 142 Å². The Balaban J connectivity index is 0.827. The van der Waals surface area contributed by atoms with E-state index in [9.17, 15) is 24.0 Å². The molecule has 0 radical (unpaired) electrons. The highest BCUT2D eigenvalue weighted by Crippen LogP contribution is 2.37. The zero-order valence-electron chi connectivity index (χ0n) is 29.9. The predicted octanol–water partition coefficient (Wildman–Crippen LogP) is 3.85. The first kappa shape index (κ1) is 35.8. The number of imide groups is 2. The van der Waals surface area contributed by atoms with E-state index in [1.807, 2.05) is 40.3 Å². The SMILES string of the molecule is CCc1c[nH]c2ncc(-c3cccc(N4CCN(CCCN5CCN(c6cc7c(cc6F)C(=O)N(C6CCC(=O)NC6=O)C7=O)CC5)CC4=O)c3)c(Cl)c12. The monoisotopic (exact) mass is 754 g/mol. The molecule has 3 saturated heterocycles. The van der Waals surface area contributed by atoms with Crippen molar-refractivity contribution in [1.29, 1.82) is 0 Å². The molecule has 2 N–H and O–H groups in total. The van der Waals surface area contributed by atoms with E-state index in [1.54, 1.807) is 6.20 Å². The largest absolute Gasteiger partial charge is 0.367 e. The Kier molecular flexibility index (Phi) is 9.67. The Morgan fingerprint density at radius 1 is 0.907 bits per heavy atom. The maximum absolute atomic E-state index is 15.4. The molecule has 8 rings (SSSR count). The summed E-state index contributed by atoms with van der Waals surface area (Å²) in [7, 11) is 0. The lowest BCUT2D eigenvalue weighted by atomic mass is 10.0. The average molecular weight is 755 g/mol. The number of halogens is 2. The number of carbonyl (C=O) groups excluding carboxylic acids is 5. The summed E-state index contributed by atoms with van der Waals surface area (Å²) < 4.78 is 15.4. The van der Waals surface area contributed by atoms with Gasteiger partial charge in [0.15, 0.2) is 0 Å². The molecule has 2 aromatic heterocycles. The Morgan fingerprint density at radius 3 is 2.39 bits per heavy atom. The second kappa shape index (κ2) is 14.6. The summed E-state index contributed by atoms with van der Waals surface area (Å²) in [5, 5.41) is 3.75. The molecule has 0 spiro atoms. The van der Waals surface area contributed by atoms with E-state index in [4.69, 9.17) is 11.6 Å². The van der Waals surface area contributed by atoms with Crippen LogP contribution in [0.25, 0.3) is 22.2 Å². The molecule has 0 bridgehead atoms. The number of aromatic nitrogens is 2. The Bertz CT molecular complexity index is 2200. The van der Waals surface area contributed by atoms with Crippen molar-refractivity contribution in [2.45, 2.75) is 38.6 Å². The van der Waals surface area contributed by atoms with Gasteiger partial charge in [-0.3, -0.25) is 44.0 Å². The summed E-state index contributed by atoms with van der Waals surface area (Å²) in [5.41, 5.74) is 4.67. The quantitative estimate of drug-likeness (QED) is 0.244. The maximum Gasteiger partial charge on any atom is 0.262 e. The highest BCUT2D eigenvalue weighted by atomic mass is 35.5. The number of piperidine rings is 1. The lowest BCUT2D eigenvalue weighted by Gasteiger charge is -2.37. The third-order valence-electron chi connectivity index (χ3n) is 11.0. The van der Waals surface area contributed by atoms with Gasteiger partial charge in [-0.1, -0.05) is 30.7 Å². The van der Waals surface area contributed by atoms with Crippen molar-refractivity contribution >= 4 is 63.5 Å². The van der Waals surface area contributed by atoms with Crippen LogP contribution in [0.3, 0.4) is 0 Å². The smallest absolute Gasteiger partial charge is 0.262 e. The second-order valence-electron chi connectivity index (χ2n) is 14.2. The van der Waals surface area contributed by atoms with E-state index >= 15 is 4.39 Å². The lowest BCUT2D eigenvalue weighted by Crippen LogP contribution is -2.54. The first-order chi connectivity index (χ1) is 26.1. The number of aryl methyl sites for hydroxylation is 1. The number of pyridine rings is 1. The summed E-state index contributed by atoms with van der Waals surface area (Å²) in [6.45, 7) is 7.78. The molecule has 4 aliphatic heterocycles. The van der Waals surface area contributed by atoms with Crippen molar-refractivity contribution in [3.05, 3.63) is 76.3 Å². The van der Waals surface area contributed by atoms with Gasteiger partial charge in [0.2, 0.25) is 17.7 Å². The fourth-order valence-electron chi connectivity index (χ4n) is 8.08. The van der Waals surface area contributed by atoms with Crippen LogP contribution < -0.4 is 15.1 Å². The maximum atomic E-state index is 15.4. The number of aromatic amines is 1. The van der Waals surface area contributed by atoms with Crippen molar-refractivity contribution in [3.8, 4) is 11.1 Å². The predicted molar refractivity (Wildman–Crippen MR) is 201 cm³/mol. The molecule has 4 aliphatic rings. The van der Waals surface area contributed by atoms with Crippen LogP contribution in [0.15, 0.2) is 48.8 Å². The average Bonchev–Trinajstić information content (AvgIpc) is 3.70. The fourth-order valence-corrected chi connectivity index (χ4v) is 8.45. The summed E-state index contributed by atoms with van der Waals surface area (Å²) in [6.07, 6.45) is 5.48. The molecule has 1 unspecified atom stereocenters. The number of fused-ring (bicyclic) bond motifs is 2. The van der Waals surface area contributed by atoms with Gasteiger partial charge in [-0.2, -0.15) is 0 Å². The Labute approximate surface area is 316 Å². The molecule has 1 atom stereocenters. The molecule has 4 aromatic rings. The minimum absolute atomic E-state index is 0.0137. The van der Waals surface area contributed by atoms with Gasteiger partial charge in [0.25, 0.3) is 11.8 Å². The van der Waals surface area contributed by atoms with E-state index in [0.717, 1.165) is 76.9 Å². The molecule has 54 heavy (non-hydrogen) atoms. The van der Waals surface area contributed by atoms with Crippen LogP contribution in [-0.4, -0.2) is 119 Å². The number of piperazine rings is 2. The van der Waals surface area contributed by atoms with Gasteiger partial charge in [0.05, 0.1) is 28.4 Å².